The summed E-state index contributed by atoms with van der Waals surface area (Å²) in [5, 5.41) is 0. The lowest BCUT2D eigenvalue weighted by Crippen LogP contribution is -2.03. The highest BCUT2D eigenvalue weighted by atomic mass is 127. The summed E-state index contributed by atoms with van der Waals surface area (Å²) in [5.41, 5.74) is 0. The molecule has 0 bridgehead atoms. The molecule has 1 rings (SSSR count). The molecule has 0 saturated heterocycles. The summed E-state index contributed by atoms with van der Waals surface area (Å²) in [5.74, 6) is 1.02. The molecule has 0 aliphatic rings. The second-order valence-electron chi connectivity index (χ2n) is 1.83. The lowest BCUT2D eigenvalue weighted by atomic mass is 10.5. The van der Waals surface area contributed by atoms with Crippen LogP contribution >= 0.6 is 45.2 Å². The van der Waals surface area contributed by atoms with Crippen molar-refractivity contribution in [3.05, 3.63) is 18.2 Å². The Kier molecular flexibility index (Phi) is 2.36. The quantitative estimate of drug-likeness (QED) is 0.613. The van der Waals surface area contributed by atoms with Crippen molar-refractivity contribution in [3.8, 4) is 0 Å². The Labute approximate surface area is 81.1 Å². The molecule has 0 spiro atoms. The van der Waals surface area contributed by atoms with E-state index in [0.29, 0.717) is 0 Å². The van der Waals surface area contributed by atoms with Crippen LogP contribution in [0.4, 0.5) is 0 Å². The van der Waals surface area contributed by atoms with E-state index in [0.717, 1.165) is 5.82 Å². The van der Waals surface area contributed by atoms with Gasteiger partial charge >= 0.3 is 0 Å². The largest absolute Gasteiger partial charge is 0.347 e. The van der Waals surface area contributed by atoms with Crippen LogP contribution in [0.2, 0.25) is 0 Å². The number of hydrogen-bond acceptors (Lipinski definition) is 1. The Morgan fingerprint density at radius 2 is 2.33 bits per heavy atom. The van der Waals surface area contributed by atoms with E-state index in [2.05, 4.69) is 62.1 Å². The van der Waals surface area contributed by atoms with Crippen LogP contribution in [0.5, 0.6) is 0 Å². The van der Waals surface area contributed by atoms with Crippen LogP contribution in [-0.4, -0.2) is 9.97 Å². The summed E-state index contributed by atoms with van der Waals surface area (Å²) in [6.45, 7) is 2.10. The third kappa shape index (κ3) is 2.06. The lowest BCUT2D eigenvalue weighted by molar-refractivity contribution is 0.968. The highest BCUT2D eigenvalue weighted by Crippen LogP contribution is 2.35. The zero-order valence-corrected chi connectivity index (χ0v) is 9.17. The number of imidazole rings is 1. The molecule has 1 heterocycles. The second-order valence-corrected chi connectivity index (χ2v) is 8.21. The number of nitrogens with one attached hydrogen (secondary N) is 1. The third-order valence-electron chi connectivity index (χ3n) is 0.914. The van der Waals surface area contributed by atoms with Gasteiger partial charge < -0.3 is 4.98 Å². The van der Waals surface area contributed by atoms with Gasteiger partial charge in [0.25, 0.3) is 0 Å². The highest BCUT2D eigenvalue weighted by molar-refractivity contribution is 14.2. The summed E-state index contributed by atoms with van der Waals surface area (Å²) in [6, 6.07) is 0. The fourth-order valence-corrected chi connectivity index (χ4v) is 1.10. The zero-order chi connectivity index (χ0) is 6.91. The first kappa shape index (κ1) is 7.77. The summed E-state index contributed by atoms with van der Waals surface area (Å²) in [4.78, 5) is 7.17. The molecule has 2 nitrogen and oxygen atoms in total. The average Bonchev–Trinajstić information content (AvgIpc) is 2.08. The summed E-state index contributed by atoms with van der Waals surface area (Å²) in [6.07, 6.45) is 3.61. The molecule has 4 heteroatoms. The van der Waals surface area contributed by atoms with E-state index in [1.807, 2.05) is 6.20 Å². The minimum atomic E-state index is 0.0962. The molecule has 0 unspecified atom stereocenters. The van der Waals surface area contributed by atoms with E-state index in [1.54, 1.807) is 6.20 Å². The third-order valence-corrected chi connectivity index (χ3v) is 1.94. The van der Waals surface area contributed by atoms with E-state index in [-0.39, 0.29) is 1.43 Å². The SMILES string of the molecule is CC(I)(I)c1ncc[nH]1. The predicted molar refractivity (Wildman–Crippen MR) is 54.0 cm³/mol. The van der Waals surface area contributed by atoms with Gasteiger partial charge in [-0.3, -0.25) is 0 Å². The number of alkyl halides is 2. The van der Waals surface area contributed by atoms with Gasteiger partial charge in [0.2, 0.25) is 0 Å². The van der Waals surface area contributed by atoms with Crippen molar-refractivity contribution in [2.75, 3.05) is 0 Å². The van der Waals surface area contributed by atoms with Gasteiger partial charge in [-0.15, -0.1) is 0 Å². The normalized spacial score (nSPS) is 11.9. The minimum Gasteiger partial charge on any atom is -0.347 e. The predicted octanol–water partition coefficient (Wildman–Crippen LogP) is 2.45. The van der Waals surface area contributed by atoms with Crippen LogP contribution in [0, 0.1) is 0 Å². The number of aromatic amines is 1. The number of hydrogen-bond donors (Lipinski definition) is 1. The molecule has 0 aliphatic carbocycles. The van der Waals surface area contributed by atoms with Crippen LogP contribution in [0.15, 0.2) is 12.4 Å². The van der Waals surface area contributed by atoms with Gasteiger partial charge in [-0.2, -0.15) is 0 Å². The van der Waals surface area contributed by atoms with Crippen molar-refractivity contribution >= 4 is 45.2 Å². The summed E-state index contributed by atoms with van der Waals surface area (Å²) >= 11 is 4.66. The lowest BCUT2D eigenvalue weighted by Gasteiger charge is -2.08. The number of rotatable bonds is 1. The molecule has 0 saturated carbocycles. The Bertz CT molecular complexity index is 175. The number of aromatic nitrogens is 2. The van der Waals surface area contributed by atoms with Gasteiger partial charge in [-0.05, 0) is 6.92 Å². The van der Waals surface area contributed by atoms with Crippen molar-refractivity contribution in [3.63, 3.8) is 0 Å². The van der Waals surface area contributed by atoms with Crippen LogP contribution in [0.25, 0.3) is 0 Å². The number of nitrogens with zero attached hydrogens (tertiary/aromatic N) is 1. The van der Waals surface area contributed by atoms with Crippen molar-refractivity contribution in [2.45, 2.75) is 8.35 Å². The summed E-state index contributed by atoms with van der Waals surface area (Å²) < 4.78 is 0.0962. The Morgan fingerprint density at radius 1 is 1.67 bits per heavy atom. The molecule has 0 radical (unpaired) electrons. The summed E-state index contributed by atoms with van der Waals surface area (Å²) in [7, 11) is 0. The molecule has 1 aromatic rings. The van der Waals surface area contributed by atoms with E-state index in [9.17, 15) is 0 Å². The van der Waals surface area contributed by atoms with Crippen LogP contribution < -0.4 is 0 Å². The molecule has 0 fully saturated rings. The van der Waals surface area contributed by atoms with Gasteiger partial charge in [0, 0.05) is 12.4 Å². The topological polar surface area (TPSA) is 28.7 Å². The first-order valence-corrected chi connectivity index (χ1v) is 4.64. The molecule has 1 aromatic heterocycles. The van der Waals surface area contributed by atoms with E-state index in [1.165, 1.54) is 0 Å². The minimum absolute atomic E-state index is 0.0962. The van der Waals surface area contributed by atoms with Gasteiger partial charge in [0.15, 0.2) is 0 Å². The number of H-pyrrole nitrogens is 1. The average molecular weight is 348 g/mol. The maximum atomic E-state index is 4.12. The van der Waals surface area contributed by atoms with Crippen molar-refractivity contribution in [2.24, 2.45) is 0 Å². The van der Waals surface area contributed by atoms with Gasteiger partial charge in [0.1, 0.15) is 7.25 Å². The fraction of sp³-hybridized carbons (Fsp3) is 0.400. The molecule has 50 valence electrons. The zero-order valence-electron chi connectivity index (χ0n) is 4.86. The van der Waals surface area contributed by atoms with Gasteiger partial charge in [-0.25, -0.2) is 4.98 Å². The Morgan fingerprint density at radius 3 is 2.56 bits per heavy atom. The Hall–Kier alpha value is 0.670. The molecule has 0 atom stereocenters. The molecule has 0 amide bonds. The molecule has 9 heavy (non-hydrogen) atoms. The van der Waals surface area contributed by atoms with E-state index >= 15 is 0 Å². The maximum absolute atomic E-state index is 4.12. The maximum Gasteiger partial charge on any atom is 0.131 e. The van der Waals surface area contributed by atoms with Crippen LogP contribution in [0.1, 0.15) is 12.7 Å². The highest BCUT2D eigenvalue weighted by Gasteiger charge is 2.19. The monoisotopic (exact) mass is 348 g/mol. The van der Waals surface area contributed by atoms with Crippen LogP contribution in [-0.2, 0) is 1.43 Å². The first-order chi connectivity index (χ1) is 4.11. The van der Waals surface area contributed by atoms with E-state index < -0.39 is 0 Å². The van der Waals surface area contributed by atoms with Gasteiger partial charge in [-0.1, -0.05) is 45.2 Å². The van der Waals surface area contributed by atoms with Gasteiger partial charge in [0.05, 0.1) is 0 Å². The standard InChI is InChI=1S/C5H6I2N2/c1-5(6,7)4-8-2-3-9-4/h2-3H,1H3,(H,8,9). The molecule has 0 aliphatic heterocycles. The van der Waals surface area contributed by atoms with Crippen LogP contribution in [0.3, 0.4) is 0 Å². The first-order valence-electron chi connectivity index (χ1n) is 2.48. The number of halogens is 2. The molecular formula is C5H6I2N2. The second kappa shape index (κ2) is 2.73. The Balaban J connectivity index is 2.90. The van der Waals surface area contributed by atoms with Crippen molar-refractivity contribution in [1.29, 1.82) is 0 Å². The molecule has 0 aromatic carbocycles. The fourth-order valence-electron chi connectivity index (χ4n) is 0.505. The van der Waals surface area contributed by atoms with Crippen molar-refractivity contribution in [1.82, 2.24) is 9.97 Å². The van der Waals surface area contributed by atoms with E-state index in [4.69, 9.17) is 0 Å². The smallest absolute Gasteiger partial charge is 0.131 e. The molecule has 1 N–H and O–H groups in total. The molecular weight excluding hydrogens is 342 g/mol. The van der Waals surface area contributed by atoms with Crippen molar-refractivity contribution < 1.29 is 0 Å².